The number of rotatable bonds is 3. The molecule has 124 valence electrons. The number of piperidine rings is 1. The summed E-state index contributed by atoms with van der Waals surface area (Å²) in [6, 6.07) is 3.84. The Labute approximate surface area is 142 Å². The Morgan fingerprint density at radius 2 is 2.00 bits per heavy atom. The summed E-state index contributed by atoms with van der Waals surface area (Å²) in [6.07, 6.45) is 2.51. The number of methoxy groups -OCH3 is 1. The van der Waals surface area contributed by atoms with E-state index in [0.717, 1.165) is 25.7 Å². The number of hydrogen-bond donors (Lipinski definition) is 2. The zero-order valence-corrected chi connectivity index (χ0v) is 14.2. The first kappa shape index (κ1) is 16.0. The number of carbonyl (C=O) groups is 2. The molecule has 23 heavy (non-hydrogen) atoms. The fourth-order valence-electron chi connectivity index (χ4n) is 3.58. The lowest BCUT2D eigenvalue weighted by molar-refractivity contribution is 0.0592. The maximum absolute atomic E-state index is 11.7. The van der Waals surface area contributed by atoms with Crippen molar-refractivity contribution in [2.75, 3.05) is 12.4 Å². The number of carboxylic acid groups (broad SMARTS) is 1. The topological polar surface area (TPSA) is 91.8 Å². The zero-order chi connectivity index (χ0) is 16.6. The third-order valence-corrected chi connectivity index (χ3v) is 5.17. The van der Waals surface area contributed by atoms with Gasteiger partial charge >= 0.3 is 12.1 Å². The van der Waals surface area contributed by atoms with Crippen LogP contribution in [0.1, 0.15) is 36.2 Å². The molecule has 3 rings (SSSR count). The van der Waals surface area contributed by atoms with Crippen LogP contribution >= 0.6 is 15.9 Å². The highest BCUT2D eigenvalue weighted by atomic mass is 79.9. The number of ether oxygens (including phenoxy) is 1. The molecule has 2 saturated heterocycles. The minimum Gasteiger partial charge on any atom is -0.465 e. The van der Waals surface area contributed by atoms with E-state index in [4.69, 9.17) is 4.74 Å². The number of halogens is 1. The summed E-state index contributed by atoms with van der Waals surface area (Å²) in [5, 5.41) is 12.6. The quantitative estimate of drug-likeness (QED) is 0.779. The highest BCUT2D eigenvalue weighted by Crippen LogP contribution is 2.36. The van der Waals surface area contributed by atoms with Crippen LogP contribution in [0.25, 0.3) is 0 Å². The van der Waals surface area contributed by atoms with Gasteiger partial charge < -0.3 is 20.1 Å². The lowest BCUT2D eigenvalue weighted by Gasteiger charge is -2.37. The molecule has 1 aromatic heterocycles. The minimum absolute atomic E-state index is 0.0688. The van der Waals surface area contributed by atoms with Crippen LogP contribution in [0.15, 0.2) is 16.6 Å². The molecule has 3 atom stereocenters. The molecule has 2 aliphatic heterocycles. The maximum atomic E-state index is 11.7. The van der Waals surface area contributed by atoms with Gasteiger partial charge in [0.2, 0.25) is 0 Å². The van der Waals surface area contributed by atoms with Crippen LogP contribution in [0.2, 0.25) is 0 Å². The number of fused-ring (bicyclic) bond motifs is 2. The van der Waals surface area contributed by atoms with Crippen molar-refractivity contribution in [3.63, 3.8) is 0 Å². The van der Waals surface area contributed by atoms with Crippen LogP contribution in [0.3, 0.4) is 0 Å². The maximum Gasteiger partial charge on any atom is 0.407 e. The smallest absolute Gasteiger partial charge is 0.407 e. The number of hydrogen-bond acceptors (Lipinski definition) is 5. The van der Waals surface area contributed by atoms with Gasteiger partial charge in [0, 0.05) is 18.1 Å². The van der Waals surface area contributed by atoms with Gasteiger partial charge in [-0.25, -0.2) is 14.6 Å². The van der Waals surface area contributed by atoms with Crippen molar-refractivity contribution in [2.45, 2.75) is 43.8 Å². The fraction of sp³-hybridized carbons (Fsp3) is 0.533. The first-order chi connectivity index (χ1) is 11.0. The second-order valence-corrected chi connectivity index (χ2v) is 6.76. The molecule has 0 radical (unpaired) electrons. The number of carbonyl (C=O) groups excluding carboxylic acids is 1. The lowest BCUT2D eigenvalue weighted by atomic mass is 9.98. The van der Waals surface area contributed by atoms with Crippen molar-refractivity contribution in [3.8, 4) is 0 Å². The standard InChI is InChI=1S/C15H18BrN3O4/c1-23-14(20)13-11(16)4-5-12(18-13)17-8-6-9-2-3-10(7-8)19(9)15(21)22/h4-5,8-10H,2-3,6-7H2,1H3,(H,17,18)(H,21,22)/t8-,9-,10+. The molecule has 2 N–H and O–H groups in total. The Morgan fingerprint density at radius 1 is 1.35 bits per heavy atom. The largest absolute Gasteiger partial charge is 0.465 e. The number of amides is 1. The van der Waals surface area contributed by atoms with Gasteiger partial charge in [0.1, 0.15) is 5.82 Å². The number of esters is 1. The van der Waals surface area contributed by atoms with E-state index in [1.807, 2.05) is 0 Å². The van der Waals surface area contributed by atoms with Crippen molar-refractivity contribution in [2.24, 2.45) is 0 Å². The molecule has 0 unspecified atom stereocenters. The van der Waals surface area contributed by atoms with Crippen LogP contribution in [0.5, 0.6) is 0 Å². The molecule has 8 heteroatoms. The third kappa shape index (κ3) is 3.12. The average molecular weight is 384 g/mol. The lowest BCUT2D eigenvalue weighted by Crippen LogP contribution is -2.49. The second kappa shape index (κ2) is 6.35. The molecule has 2 bridgehead atoms. The normalized spacial score (nSPS) is 26.0. The van der Waals surface area contributed by atoms with Crippen molar-refractivity contribution in [1.82, 2.24) is 9.88 Å². The Hall–Kier alpha value is -1.83. The molecule has 1 aromatic rings. The SMILES string of the molecule is COC(=O)c1nc(N[C@@H]2C[C@H]3CC[C@@H](C2)N3C(=O)O)ccc1Br. The monoisotopic (exact) mass is 383 g/mol. The van der Waals surface area contributed by atoms with E-state index in [9.17, 15) is 14.7 Å². The van der Waals surface area contributed by atoms with E-state index in [-0.39, 0.29) is 23.8 Å². The minimum atomic E-state index is -0.828. The number of anilines is 1. The van der Waals surface area contributed by atoms with E-state index in [2.05, 4.69) is 26.2 Å². The van der Waals surface area contributed by atoms with Gasteiger partial charge in [-0.05, 0) is 53.7 Å². The molecular weight excluding hydrogens is 366 g/mol. The van der Waals surface area contributed by atoms with E-state index >= 15 is 0 Å². The van der Waals surface area contributed by atoms with Crippen molar-refractivity contribution < 1.29 is 19.4 Å². The van der Waals surface area contributed by atoms with Crippen LogP contribution in [0, 0.1) is 0 Å². The second-order valence-electron chi connectivity index (χ2n) is 5.91. The van der Waals surface area contributed by atoms with Crippen LogP contribution < -0.4 is 5.32 Å². The molecule has 0 aromatic carbocycles. The summed E-state index contributed by atoms with van der Waals surface area (Å²) in [4.78, 5) is 28.9. The van der Waals surface area contributed by atoms with Gasteiger partial charge in [-0.1, -0.05) is 0 Å². The molecule has 2 aliphatic rings. The summed E-state index contributed by atoms with van der Waals surface area (Å²) in [5.74, 6) is 0.100. The third-order valence-electron chi connectivity index (χ3n) is 4.53. The Kier molecular flexibility index (Phi) is 4.43. The number of nitrogens with one attached hydrogen (secondary N) is 1. The molecule has 3 heterocycles. The summed E-state index contributed by atoms with van der Waals surface area (Å²) >= 11 is 3.29. The van der Waals surface area contributed by atoms with Gasteiger partial charge in [-0.3, -0.25) is 0 Å². The van der Waals surface area contributed by atoms with E-state index < -0.39 is 12.1 Å². The first-order valence-electron chi connectivity index (χ1n) is 7.52. The molecule has 0 spiro atoms. The van der Waals surface area contributed by atoms with Gasteiger partial charge in [0.05, 0.1) is 11.6 Å². The highest BCUT2D eigenvalue weighted by Gasteiger charge is 2.43. The fourth-order valence-corrected chi connectivity index (χ4v) is 3.96. The first-order valence-corrected chi connectivity index (χ1v) is 8.31. The molecule has 0 aliphatic carbocycles. The highest BCUT2D eigenvalue weighted by molar-refractivity contribution is 9.10. The zero-order valence-electron chi connectivity index (χ0n) is 12.7. The molecule has 7 nitrogen and oxygen atoms in total. The van der Waals surface area contributed by atoms with Crippen molar-refractivity contribution >= 4 is 33.8 Å². The van der Waals surface area contributed by atoms with Gasteiger partial charge in [-0.15, -0.1) is 0 Å². The van der Waals surface area contributed by atoms with Crippen LogP contribution in [0.4, 0.5) is 10.6 Å². The number of aromatic nitrogens is 1. The number of pyridine rings is 1. The van der Waals surface area contributed by atoms with Crippen molar-refractivity contribution in [3.05, 3.63) is 22.3 Å². The molecule has 1 amide bonds. The predicted octanol–water partition coefficient (Wildman–Crippen LogP) is 2.72. The van der Waals surface area contributed by atoms with Crippen LogP contribution in [-0.2, 0) is 4.74 Å². The average Bonchev–Trinajstić information content (AvgIpc) is 2.80. The number of nitrogens with zero attached hydrogens (tertiary/aromatic N) is 2. The van der Waals surface area contributed by atoms with E-state index in [1.54, 1.807) is 17.0 Å². The molecule has 0 saturated carbocycles. The summed E-state index contributed by atoms with van der Waals surface area (Å²) in [5.41, 5.74) is 0.225. The van der Waals surface area contributed by atoms with Gasteiger partial charge in [0.15, 0.2) is 5.69 Å². The Bertz CT molecular complexity index is 625. The van der Waals surface area contributed by atoms with E-state index in [1.165, 1.54) is 7.11 Å². The van der Waals surface area contributed by atoms with Crippen LogP contribution in [-0.4, -0.2) is 52.3 Å². The van der Waals surface area contributed by atoms with E-state index in [0.29, 0.717) is 10.3 Å². The predicted molar refractivity (Wildman–Crippen MR) is 86.6 cm³/mol. The summed E-state index contributed by atoms with van der Waals surface area (Å²) < 4.78 is 5.29. The molecule has 2 fully saturated rings. The van der Waals surface area contributed by atoms with Gasteiger partial charge in [-0.2, -0.15) is 0 Å². The Balaban J connectivity index is 1.72. The Morgan fingerprint density at radius 3 is 2.57 bits per heavy atom. The van der Waals surface area contributed by atoms with Gasteiger partial charge in [0.25, 0.3) is 0 Å². The summed E-state index contributed by atoms with van der Waals surface area (Å²) in [7, 11) is 1.32. The summed E-state index contributed by atoms with van der Waals surface area (Å²) in [6.45, 7) is 0. The molecular formula is C15H18BrN3O4. The van der Waals surface area contributed by atoms with Crippen molar-refractivity contribution in [1.29, 1.82) is 0 Å².